The molecule has 3 rings (SSSR count). The highest BCUT2D eigenvalue weighted by Crippen LogP contribution is 2.21. The molecule has 0 aliphatic carbocycles. The lowest BCUT2D eigenvalue weighted by Crippen LogP contribution is -2.20. The van der Waals surface area contributed by atoms with E-state index in [0.29, 0.717) is 27.4 Å². The fourth-order valence-electron chi connectivity index (χ4n) is 2.08. The number of rotatable bonds is 2. The summed E-state index contributed by atoms with van der Waals surface area (Å²) in [7, 11) is 1.55. The second-order valence-corrected chi connectivity index (χ2v) is 5.16. The molecule has 0 saturated carbocycles. The van der Waals surface area contributed by atoms with E-state index in [1.54, 1.807) is 49.6 Å². The van der Waals surface area contributed by atoms with E-state index >= 15 is 0 Å². The second kappa shape index (κ2) is 5.39. The molecule has 0 aliphatic rings. The van der Waals surface area contributed by atoms with Crippen LogP contribution in [0.4, 0.5) is 0 Å². The summed E-state index contributed by atoms with van der Waals surface area (Å²) in [5, 5.41) is 1.14. The van der Waals surface area contributed by atoms with E-state index < -0.39 is 0 Å². The van der Waals surface area contributed by atoms with Crippen LogP contribution in [0.3, 0.4) is 0 Å². The van der Waals surface area contributed by atoms with E-state index in [4.69, 9.17) is 27.9 Å². The Morgan fingerprint density at radius 3 is 2.48 bits per heavy atom. The van der Waals surface area contributed by atoms with E-state index in [-0.39, 0.29) is 10.8 Å². The molecule has 2 aromatic carbocycles. The van der Waals surface area contributed by atoms with Gasteiger partial charge < -0.3 is 4.74 Å². The van der Waals surface area contributed by atoms with Crippen LogP contribution >= 0.6 is 23.2 Å². The monoisotopic (exact) mass is 320 g/mol. The summed E-state index contributed by atoms with van der Waals surface area (Å²) in [5.74, 6) is 0.620. The Bertz CT molecular complexity index is 873. The summed E-state index contributed by atoms with van der Waals surface area (Å²) in [5.41, 5.74) is 0.865. The lowest BCUT2D eigenvalue weighted by atomic mass is 10.2. The molecule has 21 heavy (non-hydrogen) atoms. The van der Waals surface area contributed by atoms with Crippen LogP contribution in [0, 0.1) is 0 Å². The standard InChI is InChI=1S/C15H10Cl2N2O2/c1-21-11-6-7-12-13(8-11)18-15(17)19(14(12)20)10-4-2-9(16)3-5-10/h2-8H,1H3. The average Bonchev–Trinajstić information content (AvgIpc) is 2.48. The Balaban J connectivity index is 2.29. The van der Waals surface area contributed by atoms with Crippen molar-refractivity contribution in [3.05, 3.63) is 63.1 Å². The number of ether oxygens (including phenoxy) is 1. The maximum absolute atomic E-state index is 12.6. The molecule has 0 N–H and O–H groups in total. The fourth-order valence-corrected chi connectivity index (χ4v) is 2.47. The molecule has 0 bridgehead atoms. The first kappa shape index (κ1) is 13.9. The van der Waals surface area contributed by atoms with Crippen molar-refractivity contribution in [1.29, 1.82) is 0 Å². The molecule has 3 aromatic rings. The topological polar surface area (TPSA) is 44.1 Å². The molecule has 0 fully saturated rings. The van der Waals surface area contributed by atoms with Gasteiger partial charge in [0.1, 0.15) is 5.75 Å². The Kier molecular flexibility index (Phi) is 3.57. The van der Waals surface area contributed by atoms with Gasteiger partial charge in [0.2, 0.25) is 5.28 Å². The van der Waals surface area contributed by atoms with Crippen LogP contribution in [0.15, 0.2) is 47.3 Å². The highest BCUT2D eigenvalue weighted by atomic mass is 35.5. The molecule has 0 atom stereocenters. The van der Waals surface area contributed by atoms with Gasteiger partial charge in [-0.2, -0.15) is 0 Å². The lowest BCUT2D eigenvalue weighted by Gasteiger charge is -2.10. The van der Waals surface area contributed by atoms with Crippen molar-refractivity contribution in [2.45, 2.75) is 0 Å². The zero-order valence-corrected chi connectivity index (χ0v) is 12.5. The van der Waals surface area contributed by atoms with Gasteiger partial charge in [-0.05, 0) is 48.0 Å². The zero-order valence-electron chi connectivity index (χ0n) is 11.0. The van der Waals surface area contributed by atoms with Gasteiger partial charge in [-0.25, -0.2) is 4.98 Å². The molecule has 4 nitrogen and oxygen atoms in total. The number of fused-ring (bicyclic) bond motifs is 1. The van der Waals surface area contributed by atoms with Gasteiger partial charge in [0.05, 0.1) is 23.7 Å². The van der Waals surface area contributed by atoms with Crippen LogP contribution in [0.2, 0.25) is 10.3 Å². The summed E-state index contributed by atoms with van der Waals surface area (Å²) in [6.07, 6.45) is 0. The molecule has 0 spiro atoms. The van der Waals surface area contributed by atoms with Crippen molar-refractivity contribution >= 4 is 34.1 Å². The number of hydrogen-bond acceptors (Lipinski definition) is 3. The minimum atomic E-state index is -0.241. The van der Waals surface area contributed by atoms with Crippen LogP contribution < -0.4 is 10.3 Å². The first-order valence-corrected chi connectivity index (χ1v) is 6.88. The molecule has 0 radical (unpaired) electrons. The van der Waals surface area contributed by atoms with E-state index in [1.165, 1.54) is 4.57 Å². The molecular weight excluding hydrogens is 311 g/mol. The van der Waals surface area contributed by atoms with Crippen molar-refractivity contribution in [1.82, 2.24) is 9.55 Å². The summed E-state index contributed by atoms with van der Waals surface area (Å²) >= 11 is 12.0. The first-order valence-electron chi connectivity index (χ1n) is 6.12. The molecule has 1 aromatic heterocycles. The smallest absolute Gasteiger partial charge is 0.266 e. The maximum atomic E-state index is 12.6. The van der Waals surface area contributed by atoms with Crippen molar-refractivity contribution in [2.24, 2.45) is 0 Å². The van der Waals surface area contributed by atoms with E-state index in [9.17, 15) is 4.79 Å². The third-order valence-electron chi connectivity index (χ3n) is 3.12. The van der Waals surface area contributed by atoms with Crippen LogP contribution in [0.5, 0.6) is 5.75 Å². The molecule has 6 heteroatoms. The van der Waals surface area contributed by atoms with Gasteiger partial charge in [-0.1, -0.05) is 11.6 Å². The Morgan fingerprint density at radius 1 is 1.10 bits per heavy atom. The second-order valence-electron chi connectivity index (χ2n) is 4.38. The predicted molar refractivity (Wildman–Crippen MR) is 83.9 cm³/mol. The van der Waals surface area contributed by atoms with Crippen molar-refractivity contribution < 1.29 is 4.74 Å². The minimum absolute atomic E-state index is 0.0862. The Morgan fingerprint density at radius 2 is 1.81 bits per heavy atom. The predicted octanol–water partition coefficient (Wildman–Crippen LogP) is 3.70. The normalized spacial score (nSPS) is 10.8. The Labute approximate surface area is 130 Å². The van der Waals surface area contributed by atoms with Crippen molar-refractivity contribution in [3.63, 3.8) is 0 Å². The molecule has 1 heterocycles. The number of aromatic nitrogens is 2. The fraction of sp³-hybridized carbons (Fsp3) is 0.0667. The average molecular weight is 321 g/mol. The number of hydrogen-bond donors (Lipinski definition) is 0. The third kappa shape index (κ3) is 2.48. The van der Waals surface area contributed by atoms with E-state index in [0.717, 1.165) is 0 Å². The maximum Gasteiger partial charge on any atom is 0.266 e. The number of benzene rings is 2. The van der Waals surface area contributed by atoms with Crippen LogP contribution in [-0.2, 0) is 0 Å². The molecule has 0 saturated heterocycles. The minimum Gasteiger partial charge on any atom is -0.497 e. The van der Waals surface area contributed by atoms with Crippen LogP contribution in [0.25, 0.3) is 16.6 Å². The molecule has 106 valence electrons. The van der Waals surface area contributed by atoms with Gasteiger partial charge >= 0.3 is 0 Å². The Hall–Kier alpha value is -2.04. The van der Waals surface area contributed by atoms with Gasteiger partial charge in [0, 0.05) is 11.1 Å². The van der Waals surface area contributed by atoms with E-state index in [1.807, 2.05) is 0 Å². The largest absolute Gasteiger partial charge is 0.497 e. The van der Waals surface area contributed by atoms with Crippen LogP contribution in [-0.4, -0.2) is 16.7 Å². The number of halogens is 2. The molecular formula is C15H10Cl2N2O2. The highest BCUT2D eigenvalue weighted by Gasteiger charge is 2.11. The summed E-state index contributed by atoms with van der Waals surface area (Å²) in [6, 6.07) is 11.9. The number of methoxy groups -OCH3 is 1. The van der Waals surface area contributed by atoms with Gasteiger partial charge in [-0.15, -0.1) is 0 Å². The third-order valence-corrected chi connectivity index (χ3v) is 3.63. The quantitative estimate of drug-likeness (QED) is 0.676. The molecule has 0 aliphatic heterocycles. The van der Waals surface area contributed by atoms with Gasteiger partial charge in [-0.3, -0.25) is 9.36 Å². The first-order chi connectivity index (χ1) is 10.1. The highest BCUT2D eigenvalue weighted by molar-refractivity contribution is 6.30. The van der Waals surface area contributed by atoms with Gasteiger partial charge in [0.15, 0.2) is 0 Å². The van der Waals surface area contributed by atoms with Crippen molar-refractivity contribution in [2.75, 3.05) is 7.11 Å². The van der Waals surface area contributed by atoms with Crippen LogP contribution in [0.1, 0.15) is 0 Å². The zero-order chi connectivity index (χ0) is 15.0. The summed E-state index contributed by atoms with van der Waals surface area (Å²) in [4.78, 5) is 16.9. The van der Waals surface area contributed by atoms with Gasteiger partial charge in [0.25, 0.3) is 5.56 Å². The summed E-state index contributed by atoms with van der Waals surface area (Å²) < 4.78 is 6.46. The molecule has 0 unspecified atom stereocenters. The molecule has 0 amide bonds. The SMILES string of the molecule is COc1ccc2c(=O)n(-c3ccc(Cl)cc3)c(Cl)nc2c1. The lowest BCUT2D eigenvalue weighted by molar-refractivity contribution is 0.415. The van der Waals surface area contributed by atoms with E-state index in [2.05, 4.69) is 4.98 Å². The number of nitrogens with zero attached hydrogens (tertiary/aromatic N) is 2. The summed E-state index contributed by atoms with van der Waals surface area (Å²) in [6.45, 7) is 0. The van der Waals surface area contributed by atoms with Crippen molar-refractivity contribution in [3.8, 4) is 11.4 Å².